The Bertz CT molecular complexity index is 677. The second-order valence-corrected chi connectivity index (χ2v) is 6.54. The summed E-state index contributed by atoms with van der Waals surface area (Å²) in [4.78, 5) is 7.07. The third-order valence-electron chi connectivity index (χ3n) is 3.12. The van der Waals surface area contributed by atoms with Crippen LogP contribution in [0.4, 0.5) is 5.69 Å². The maximum Gasteiger partial charge on any atom is 0.263 e. The van der Waals surface area contributed by atoms with Crippen LogP contribution in [0.3, 0.4) is 0 Å². The summed E-state index contributed by atoms with van der Waals surface area (Å²) in [5.74, 6) is 0. The van der Waals surface area contributed by atoms with Gasteiger partial charge in [0.05, 0.1) is 5.69 Å². The number of anilines is 1. The van der Waals surface area contributed by atoms with Crippen molar-refractivity contribution >= 4 is 15.7 Å². The Morgan fingerprint density at radius 1 is 1.30 bits per heavy atom. The summed E-state index contributed by atoms with van der Waals surface area (Å²) in [6, 6.07) is 5.46. The molecule has 106 valence electrons. The predicted octanol–water partition coefficient (Wildman–Crippen LogP) is 1.46. The number of nitrogens with zero attached hydrogens (tertiary/aromatic N) is 1. The van der Waals surface area contributed by atoms with Crippen molar-refractivity contribution < 1.29 is 8.42 Å². The Labute approximate surface area is 117 Å². The van der Waals surface area contributed by atoms with Gasteiger partial charge < -0.3 is 10.3 Å². The van der Waals surface area contributed by atoms with Crippen molar-refractivity contribution in [1.29, 1.82) is 0 Å². The van der Waals surface area contributed by atoms with Crippen LogP contribution in [-0.4, -0.2) is 24.4 Å². The molecule has 2 aromatic rings. The molecule has 7 heteroatoms. The van der Waals surface area contributed by atoms with Crippen LogP contribution in [0.15, 0.2) is 41.7 Å². The van der Waals surface area contributed by atoms with Crippen molar-refractivity contribution in [1.82, 2.24) is 15.3 Å². The SMILES string of the molecule is O=S(=O)(Nc1ccncc1)c1c[nH]c(CNC2CC2)c1. The van der Waals surface area contributed by atoms with Crippen LogP contribution in [0.25, 0.3) is 0 Å². The quantitative estimate of drug-likeness (QED) is 0.752. The molecule has 6 nitrogen and oxygen atoms in total. The van der Waals surface area contributed by atoms with E-state index < -0.39 is 10.0 Å². The zero-order valence-corrected chi connectivity index (χ0v) is 11.7. The second-order valence-electron chi connectivity index (χ2n) is 4.86. The second kappa shape index (κ2) is 5.26. The minimum absolute atomic E-state index is 0.238. The normalized spacial score (nSPS) is 15.2. The molecule has 1 aliphatic carbocycles. The molecule has 0 saturated heterocycles. The first-order chi connectivity index (χ1) is 9.63. The van der Waals surface area contributed by atoms with Gasteiger partial charge in [0.25, 0.3) is 10.0 Å². The average Bonchev–Trinajstić information content (AvgIpc) is 3.13. The Kier molecular flexibility index (Phi) is 3.45. The molecular weight excluding hydrogens is 276 g/mol. The van der Waals surface area contributed by atoms with Crippen LogP contribution in [0, 0.1) is 0 Å². The molecule has 20 heavy (non-hydrogen) atoms. The van der Waals surface area contributed by atoms with Gasteiger partial charge in [0.2, 0.25) is 0 Å². The van der Waals surface area contributed by atoms with E-state index in [1.54, 1.807) is 30.6 Å². The minimum Gasteiger partial charge on any atom is -0.363 e. The summed E-state index contributed by atoms with van der Waals surface area (Å²) in [5.41, 5.74) is 1.37. The molecule has 0 unspecified atom stereocenters. The van der Waals surface area contributed by atoms with Gasteiger partial charge in [-0.1, -0.05) is 0 Å². The molecule has 3 rings (SSSR count). The summed E-state index contributed by atoms with van der Waals surface area (Å²) in [5, 5.41) is 3.33. The largest absolute Gasteiger partial charge is 0.363 e. The van der Waals surface area contributed by atoms with Gasteiger partial charge >= 0.3 is 0 Å². The molecule has 0 atom stereocenters. The lowest BCUT2D eigenvalue weighted by atomic mass is 10.4. The Balaban J connectivity index is 1.70. The summed E-state index contributed by atoms with van der Waals surface area (Å²) in [6.45, 7) is 0.662. The fourth-order valence-corrected chi connectivity index (χ4v) is 2.93. The van der Waals surface area contributed by atoms with Gasteiger partial charge in [0.1, 0.15) is 4.90 Å². The van der Waals surface area contributed by atoms with Crippen LogP contribution < -0.4 is 10.0 Å². The standard InChI is InChI=1S/C13H16N4O2S/c18-20(19,17-11-3-5-14-6-4-11)13-7-12(16-9-13)8-15-10-1-2-10/h3-7,9-10,15-16H,1-2,8H2,(H,14,17). The van der Waals surface area contributed by atoms with Crippen LogP contribution in [0.5, 0.6) is 0 Å². The van der Waals surface area contributed by atoms with Gasteiger partial charge in [0.15, 0.2) is 0 Å². The lowest BCUT2D eigenvalue weighted by Gasteiger charge is -2.05. The number of hydrogen-bond donors (Lipinski definition) is 3. The first kappa shape index (κ1) is 13.1. The molecule has 2 heterocycles. The number of rotatable bonds is 6. The first-order valence-corrected chi connectivity index (χ1v) is 7.95. The average molecular weight is 292 g/mol. The zero-order chi connectivity index (χ0) is 14.0. The van der Waals surface area contributed by atoms with E-state index in [0.717, 1.165) is 5.69 Å². The van der Waals surface area contributed by atoms with E-state index in [1.807, 2.05) is 0 Å². The molecular formula is C13H16N4O2S. The van der Waals surface area contributed by atoms with Crippen molar-refractivity contribution in [2.75, 3.05) is 4.72 Å². The van der Waals surface area contributed by atoms with Gasteiger partial charge in [-0.2, -0.15) is 0 Å². The number of nitrogens with one attached hydrogen (secondary N) is 3. The summed E-state index contributed by atoms with van der Waals surface area (Å²) in [7, 11) is -3.55. The molecule has 1 saturated carbocycles. The van der Waals surface area contributed by atoms with Crippen molar-refractivity contribution in [2.24, 2.45) is 0 Å². The fraction of sp³-hybridized carbons (Fsp3) is 0.308. The summed E-state index contributed by atoms with van der Waals surface area (Å²) >= 11 is 0. The molecule has 0 aliphatic heterocycles. The van der Waals surface area contributed by atoms with Crippen LogP contribution >= 0.6 is 0 Å². The number of aromatic nitrogens is 2. The summed E-state index contributed by atoms with van der Waals surface area (Å²) in [6.07, 6.45) is 7.00. The van der Waals surface area contributed by atoms with Crippen molar-refractivity contribution in [3.8, 4) is 0 Å². The molecule has 0 aromatic carbocycles. The van der Waals surface area contributed by atoms with E-state index in [0.29, 0.717) is 18.3 Å². The highest BCUT2D eigenvalue weighted by Crippen LogP contribution is 2.20. The number of aromatic amines is 1. The highest BCUT2D eigenvalue weighted by molar-refractivity contribution is 7.92. The molecule has 0 bridgehead atoms. The molecule has 3 N–H and O–H groups in total. The minimum atomic E-state index is -3.55. The predicted molar refractivity (Wildman–Crippen MR) is 75.7 cm³/mol. The molecule has 1 aliphatic rings. The highest BCUT2D eigenvalue weighted by atomic mass is 32.2. The van der Waals surface area contributed by atoms with E-state index in [4.69, 9.17) is 0 Å². The molecule has 1 fully saturated rings. The molecule has 0 amide bonds. The molecule has 2 aromatic heterocycles. The lowest BCUT2D eigenvalue weighted by molar-refractivity contribution is 0.601. The van der Waals surface area contributed by atoms with Gasteiger partial charge in [-0.25, -0.2) is 8.42 Å². The number of sulfonamides is 1. The maximum atomic E-state index is 12.2. The monoisotopic (exact) mass is 292 g/mol. The molecule has 0 spiro atoms. The van der Waals surface area contributed by atoms with Gasteiger partial charge in [-0.15, -0.1) is 0 Å². The van der Waals surface area contributed by atoms with E-state index in [9.17, 15) is 8.42 Å². The third-order valence-corrected chi connectivity index (χ3v) is 4.48. The Hall–Kier alpha value is -1.86. The van der Waals surface area contributed by atoms with Crippen LogP contribution in [0.2, 0.25) is 0 Å². The first-order valence-electron chi connectivity index (χ1n) is 6.47. The summed E-state index contributed by atoms with van der Waals surface area (Å²) < 4.78 is 26.9. The van der Waals surface area contributed by atoms with E-state index in [-0.39, 0.29) is 4.90 Å². The Morgan fingerprint density at radius 2 is 2.05 bits per heavy atom. The Morgan fingerprint density at radius 3 is 2.75 bits per heavy atom. The fourth-order valence-electron chi connectivity index (χ4n) is 1.85. The van der Waals surface area contributed by atoms with Crippen LogP contribution in [-0.2, 0) is 16.6 Å². The molecule has 0 radical (unpaired) electrons. The maximum absolute atomic E-state index is 12.2. The van der Waals surface area contributed by atoms with Crippen molar-refractivity contribution in [3.63, 3.8) is 0 Å². The van der Waals surface area contributed by atoms with Crippen LogP contribution in [0.1, 0.15) is 18.5 Å². The zero-order valence-electron chi connectivity index (χ0n) is 10.8. The lowest BCUT2D eigenvalue weighted by Crippen LogP contribution is -2.15. The number of pyridine rings is 1. The van der Waals surface area contributed by atoms with E-state index in [2.05, 4.69) is 20.0 Å². The number of hydrogen-bond acceptors (Lipinski definition) is 4. The van der Waals surface area contributed by atoms with Crippen molar-refractivity contribution in [3.05, 3.63) is 42.5 Å². The van der Waals surface area contributed by atoms with E-state index in [1.165, 1.54) is 19.0 Å². The van der Waals surface area contributed by atoms with Gasteiger partial charge in [-0.05, 0) is 31.0 Å². The third kappa shape index (κ3) is 3.17. The number of H-pyrrole nitrogens is 1. The smallest absolute Gasteiger partial charge is 0.263 e. The van der Waals surface area contributed by atoms with E-state index >= 15 is 0 Å². The topological polar surface area (TPSA) is 86.9 Å². The van der Waals surface area contributed by atoms with Gasteiger partial charge in [-0.3, -0.25) is 9.71 Å². The highest BCUT2D eigenvalue weighted by Gasteiger charge is 2.21. The van der Waals surface area contributed by atoms with Crippen molar-refractivity contribution in [2.45, 2.75) is 30.3 Å². The van der Waals surface area contributed by atoms with Gasteiger partial charge in [0, 0.05) is 36.9 Å².